The van der Waals surface area contributed by atoms with Crippen molar-refractivity contribution in [3.05, 3.63) is 40.8 Å². The van der Waals surface area contributed by atoms with Crippen LogP contribution in [0.3, 0.4) is 0 Å². The average Bonchev–Trinajstić information content (AvgIpc) is 2.30. The van der Waals surface area contributed by atoms with Crippen molar-refractivity contribution in [2.75, 3.05) is 0 Å². The van der Waals surface area contributed by atoms with Crippen LogP contribution in [0.15, 0.2) is 45.2 Å². The number of pyridine rings is 1. The molecule has 1 aromatic rings. The molecule has 1 aromatic heterocycles. The van der Waals surface area contributed by atoms with Crippen molar-refractivity contribution in [3.8, 4) is 0 Å². The highest BCUT2D eigenvalue weighted by Crippen LogP contribution is 2.33. The summed E-state index contributed by atoms with van der Waals surface area (Å²) in [5.74, 6) is -0.188. The highest BCUT2D eigenvalue weighted by molar-refractivity contribution is 8.77. The first-order valence-corrected chi connectivity index (χ1v) is 6.74. The van der Waals surface area contributed by atoms with E-state index in [0.29, 0.717) is 4.90 Å². The van der Waals surface area contributed by atoms with E-state index in [4.69, 9.17) is 0 Å². The van der Waals surface area contributed by atoms with Crippen LogP contribution in [-0.2, 0) is 4.79 Å². The SMILES string of the molecule is O=C1N=CC=CC1SSc1ccc[nH]c1=O. The summed E-state index contributed by atoms with van der Waals surface area (Å²) in [5.41, 5.74) is -0.143. The number of amides is 1. The Morgan fingerprint density at radius 3 is 3.00 bits per heavy atom. The molecule has 1 N–H and O–H groups in total. The Morgan fingerprint density at radius 2 is 2.25 bits per heavy atom. The maximum absolute atomic E-state index is 11.4. The van der Waals surface area contributed by atoms with Gasteiger partial charge in [0, 0.05) is 12.4 Å². The second-order valence-corrected chi connectivity index (χ2v) is 5.35. The molecule has 1 aliphatic heterocycles. The van der Waals surface area contributed by atoms with Gasteiger partial charge < -0.3 is 4.98 Å². The first-order chi connectivity index (χ1) is 7.77. The third kappa shape index (κ3) is 2.65. The second-order valence-electron chi connectivity index (χ2n) is 2.96. The van der Waals surface area contributed by atoms with Crippen molar-refractivity contribution in [2.45, 2.75) is 10.1 Å². The van der Waals surface area contributed by atoms with Gasteiger partial charge in [-0.2, -0.15) is 0 Å². The number of aromatic amines is 1. The molecule has 1 unspecified atom stereocenters. The number of carbonyl (C=O) groups excluding carboxylic acids is 1. The minimum atomic E-state index is -0.311. The lowest BCUT2D eigenvalue weighted by Crippen LogP contribution is -2.14. The molecule has 2 rings (SSSR count). The minimum absolute atomic E-state index is 0.143. The Kier molecular flexibility index (Phi) is 3.63. The van der Waals surface area contributed by atoms with Crippen molar-refractivity contribution in [1.29, 1.82) is 0 Å². The first-order valence-electron chi connectivity index (χ1n) is 4.53. The van der Waals surface area contributed by atoms with Gasteiger partial charge in [-0.1, -0.05) is 27.7 Å². The number of aromatic nitrogens is 1. The van der Waals surface area contributed by atoms with Crippen molar-refractivity contribution >= 4 is 33.7 Å². The Balaban J connectivity index is 2.01. The number of nitrogens with one attached hydrogen (secondary N) is 1. The van der Waals surface area contributed by atoms with Crippen LogP contribution in [0, 0.1) is 0 Å². The van der Waals surface area contributed by atoms with Crippen molar-refractivity contribution in [3.63, 3.8) is 0 Å². The van der Waals surface area contributed by atoms with E-state index in [2.05, 4.69) is 9.98 Å². The van der Waals surface area contributed by atoms with Crippen molar-refractivity contribution < 1.29 is 4.79 Å². The number of aliphatic imine (C=N–C) groups is 1. The van der Waals surface area contributed by atoms with E-state index in [9.17, 15) is 9.59 Å². The lowest BCUT2D eigenvalue weighted by Gasteiger charge is -2.08. The zero-order valence-corrected chi connectivity index (χ0v) is 9.75. The molecule has 16 heavy (non-hydrogen) atoms. The molecular formula is C10H8N2O2S2. The summed E-state index contributed by atoms with van der Waals surface area (Å²) in [5, 5.41) is -0.311. The Morgan fingerprint density at radius 1 is 1.38 bits per heavy atom. The summed E-state index contributed by atoms with van der Waals surface area (Å²) in [7, 11) is 2.60. The fourth-order valence-corrected chi connectivity index (χ4v) is 3.30. The Labute approximate surface area is 99.6 Å². The van der Waals surface area contributed by atoms with E-state index in [1.54, 1.807) is 30.5 Å². The minimum Gasteiger partial charge on any atom is -0.328 e. The van der Waals surface area contributed by atoms with Gasteiger partial charge in [0.15, 0.2) is 0 Å². The van der Waals surface area contributed by atoms with E-state index < -0.39 is 0 Å². The van der Waals surface area contributed by atoms with Gasteiger partial charge in [0.2, 0.25) is 0 Å². The standard InChI is InChI=1S/C10H8N2O2S2/c13-9-7(3-1-5-11-9)15-16-8-4-2-6-12-10(8)14/h1-7H,(H,12,14). The van der Waals surface area contributed by atoms with Gasteiger partial charge in [0.1, 0.15) is 5.25 Å². The van der Waals surface area contributed by atoms with Gasteiger partial charge in [-0.25, -0.2) is 4.99 Å². The quantitative estimate of drug-likeness (QED) is 0.831. The van der Waals surface area contributed by atoms with Crippen LogP contribution < -0.4 is 5.56 Å². The van der Waals surface area contributed by atoms with Crippen LogP contribution in [0.25, 0.3) is 0 Å². The maximum atomic E-state index is 11.4. The zero-order chi connectivity index (χ0) is 11.4. The molecule has 2 heterocycles. The first kappa shape index (κ1) is 11.2. The number of nitrogens with zero attached hydrogens (tertiary/aromatic N) is 1. The van der Waals surface area contributed by atoms with E-state index in [1.807, 2.05) is 0 Å². The summed E-state index contributed by atoms with van der Waals surface area (Å²) in [6.07, 6.45) is 6.55. The Bertz CT molecular complexity index is 508. The molecule has 0 saturated carbocycles. The van der Waals surface area contributed by atoms with Crippen LogP contribution >= 0.6 is 21.6 Å². The van der Waals surface area contributed by atoms with Gasteiger partial charge in [0.25, 0.3) is 11.5 Å². The highest BCUT2D eigenvalue weighted by Gasteiger charge is 2.17. The molecule has 0 fully saturated rings. The molecule has 0 saturated heterocycles. The van der Waals surface area contributed by atoms with Gasteiger partial charge in [-0.05, 0) is 18.2 Å². The largest absolute Gasteiger partial charge is 0.328 e. The summed E-state index contributed by atoms with van der Waals surface area (Å²) in [4.78, 5) is 29.5. The van der Waals surface area contributed by atoms with E-state index in [1.165, 1.54) is 27.8 Å². The molecule has 4 nitrogen and oxygen atoms in total. The second kappa shape index (κ2) is 5.18. The molecule has 1 atom stereocenters. The van der Waals surface area contributed by atoms with Crippen LogP contribution in [0.1, 0.15) is 0 Å². The fraction of sp³-hybridized carbons (Fsp3) is 0.100. The fourth-order valence-electron chi connectivity index (χ4n) is 1.07. The molecule has 0 radical (unpaired) electrons. The van der Waals surface area contributed by atoms with Gasteiger partial charge in [-0.3, -0.25) is 9.59 Å². The number of hydrogen-bond donors (Lipinski definition) is 1. The van der Waals surface area contributed by atoms with Gasteiger partial charge in [0.05, 0.1) is 4.90 Å². The predicted octanol–water partition coefficient (Wildman–Crippen LogP) is 1.65. The number of hydrogen-bond acceptors (Lipinski definition) is 4. The lowest BCUT2D eigenvalue weighted by atomic mass is 10.3. The molecular weight excluding hydrogens is 244 g/mol. The smallest absolute Gasteiger partial charge is 0.263 e. The van der Waals surface area contributed by atoms with Crippen LogP contribution in [0.2, 0.25) is 0 Å². The number of allylic oxidation sites excluding steroid dienone is 1. The summed E-state index contributed by atoms with van der Waals surface area (Å²) < 4.78 is 0. The van der Waals surface area contributed by atoms with E-state index in [0.717, 1.165) is 0 Å². The normalized spacial score (nSPS) is 19.0. The summed E-state index contributed by atoms with van der Waals surface area (Å²) in [6.45, 7) is 0. The highest BCUT2D eigenvalue weighted by atomic mass is 33.1. The van der Waals surface area contributed by atoms with Gasteiger partial charge >= 0.3 is 0 Å². The number of rotatable bonds is 3. The monoisotopic (exact) mass is 252 g/mol. The predicted molar refractivity (Wildman–Crippen MR) is 66.9 cm³/mol. The van der Waals surface area contributed by atoms with Gasteiger partial charge in [-0.15, -0.1) is 0 Å². The number of H-pyrrole nitrogens is 1. The van der Waals surface area contributed by atoms with Crippen molar-refractivity contribution in [2.24, 2.45) is 4.99 Å². The zero-order valence-electron chi connectivity index (χ0n) is 8.12. The molecule has 0 spiro atoms. The number of dihydropyridines is 1. The molecule has 6 heteroatoms. The average molecular weight is 252 g/mol. The molecule has 82 valence electrons. The Hall–Kier alpha value is -1.27. The summed E-state index contributed by atoms with van der Waals surface area (Å²) >= 11 is 0. The van der Waals surface area contributed by atoms with E-state index >= 15 is 0 Å². The molecule has 1 aliphatic rings. The molecule has 0 aliphatic carbocycles. The summed E-state index contributed by atoms with van der Waals surface area (Å²) in [6, 6.07) is 3.47. The van der Waals surface area contributed by atoms with E-state index in [-0.39, 0.29) is 16.7 Å². The third-order valence-electron chi connectivity index (χ3n) is 1.84. The lowest BCUT2D eigenvalue weighted by molar-refractivity contribution is -0.116. The van der Waals surface area contributed by atoms with Crippen molar-refractivity contribution in [1.82, 2.24) is 4.98 Å². The van der Waals surface area contributed by atoms with Crippen LogP contribution in [0.4, 0.5) is 0 Å². The molecule has 0 aromatic carbocycles. The molecule has 0 bridgehead atoms. The third-order valence-corrected chi connectivity index (χ3v) is 4.45. The topological polar surface area (TPSA) is 62.3 Å². The van der Waals surface area contributed by atoms with Crippen LogP contribution in [0.5, 0.6) is 0 Å². The van der Waals surface area contributed by atoms with Crippen LogP contribution in [-0.4, -0.2) is 22.4 Å². The maximum Gasteiger partial charge on any atom is 0.263 e. The molecule has 1 amide bonds. The number of carbonyl (C=O) groups is 1.